The average molecular weight is 328 g/mol. The summed E-state index contributed by atoms with van der Waals surface area (Å²) in [6.45, 7) is 8.51. The summed E-state index contributed by atoms with van der Waals surface area (Å²) < 4.78 is 27.2. The molecule has 0 atom stereocenters. The van der Waals surface area contributed by atoms with Crippen LogP contribution in [0, 0.1) is 0 Å². The first-order valence-electron chi connectivity index (χ1n) is 7.11. The van der Waals surface area contributed by atoms with Gasteiger partial charge in [0.05, 0.1) is 11.9 Å². The topological polar surface area (TPSA) is 96.0 Å². The van der Waals surface area contributed by atoms with Gasteiger partial charge in [-0.3, -0.25) is 13.9 Å². The zero-order chi connectivity index (χ0) is 16.8. The fourth-order valence-electron chi connectivity index (χ4n) is 2.29. The normalized spacial score (nSPS) is 12.7. The van der Waals surface area contributed by atoms with Crippen LogP contribution in [0.3, 0.4) is 0 Å². The number of hydrogen-bond acceptors (Lipinski definition) is 5. The molecule has 22 heavy (non-hydrogen) atoms. The van der Waals surface area contributed by atoms with Gasteiger partial charge in [-0.1, -0.05) is 0 Å². The second-order valence-electron chi connectivity index (χ2n) is 5.65. The Morgan fingerprint density at radius 1 is 1.09 bits per heavy atom. The molecule has 9 heteroatoms. The van der Waals surface area contributed by atoms with E-state index in [9.17, 15) is 18.0 Å². The zero-order valence-electron chi connectivity index (χ0n) is 13.3. The highest BCUT2D eigenvalue weighted by Crippen LogP contribution is 2.13. The van der Waals surface area contributed by atoms with E-state index in [2.05, 4.69) is 5.10 Å². The van der Waals surface area contributed by atoms with Gasteiger partial charge in [0, 0.05) is 12.1 Å². The Morgan fingerprint density at radius 2 is 1.64 bits per heavy atom. The molecule has 0 spiro atoms. The lowest BCUT2D eigenvalue weighted by molar-refractivity contribution is 0.486. The van der Waals surface area contributed by atoms with Gasteiger partial charge >= 0.3 is 5.69 Å². The van der Waals surface area contributed by atoms with Gasteiger partial charge in [0.1, 0.15) is 5.39 Å². The molecule has 2 aromatic heterocycles. The highest BCUT2D eigenvalue weighted by Gasteiger charge is 2.22. The van der Waals surface area contributed by atoms with E-state index in [1.54, 1.807) is 27.7 Å². The predicted octanol–water partition coefficient (Wildman–Crippen LogP) is 0.719. The van der Waals surface area contributed by atoms with E-state index in [0.29, 0.717) is 0 Å². The lowest BCUT2D eigenvalue weighted by atomic mass is 10.3. The Morgan fingerprint density at radius 3 is 2.09 bits per heavy atom. The highest BCUT2D eigenvalue weighted by molar-refractivity contribution is 7.89. The summed E-state index contributed by atoms with van der Waals surface area (Å²) in [4.78, 5) is 25.0. The molecule has 0 radical (unpaired) electrons. The van der Waals surface area contributed by atoms with Crippen molar-refractivity contribution in [2.75, 3.05) is 5.75 Å². The van der Waals surface area contributed by atoms with E-state index in [4.69, 9.17) is 0 Å². The molecule has 0 unspecified atom stereocenters. The SMILES string of the molecule is CCS(=O)(=O)n1cc2c(=O)n(C(C)C)c(=O)n(C(C)C)c2n1. The Bertz CT molecular complexity index is 931. The maximum atomic E-state index is 12.5. The van der Waals surface area contributed by atoms with E-state index < -0.39 is 21.3 Å². The monoisotopic (exact) mass is 328 g/mol. The standard InChI is InChI=1S/C13H20N4O4S/c1-6-22(20,21)15-7-10-11(14-15)16(8(2)3)13(19)17(9(4)5)12(10)18/h7-9H,6H2,1-5H3. The summed E-state index contributed by atoms with van der Waals surface area (Å²) >= 11 is 0. The van der Waals surface area contributed by atoms with Crippen LogP contribution < -0.4 is 11.2 Å². The summed E-state index contributed by atoms with van der Waals surface area (Å²) in [5, 5.41) is 4.10. The Balaban J connectivity index is 3.04. The summed E-state index contributed by atoms with van der Waals surface area (Å²) in [5.41, 5.74) is -0.912. The molecule has 0 bridgehead atoms. The van der Waals surface area contributed by atoms with E-state index in [-0.39, 0.29) is 28.9 Å². The summed E-state index contributed by atoms with van der Waals surface area (Å²) in [6.07, 6.45) is 1.19. The van der Waals surface area contributed by atoms with Crippen LogP contribution in [0.2, 0.25) is 0 Å². The maximum Gasteiger partial charge on any atom is 0.333 e. The minimum Gasteiger partial charge on any atom is -0.273 e. The molecule has 0 aliphatic carbocycles. The molecule has 122 valence electrons. The van der Waals surface area contributed by atoms with Crippen molar-refractivity contribution in [3.05, 3.63) is 27.0 Å². The van der Waals surface area contributed by atoms with Crippen LogP contribution in [-0.2, 0) is 10.0 Å². The molecule has 8 nitrogen and oxygen atoms in total. The first-order valence-corrected chi connectivity index (χ1v) is 8.72. The number of fused-ring (bicyclic) bond motifs is 1. The molecule has 0 amide bonds. The van der Waals surface area contributed by atoms with Gasteiger partial charge in [-0.2, -0.15) is 4.09 Å². The van der Waals surface area contributed by atoms with Crippen LogP contribution in [0.4, 0.5) is 0 Å². The Hall–Kier alpha value is -1.90. The fourth-order valence-corrected chi connectivity index (χ4v) is 3.02. The van der Waals surface area contributed by atoms with E-state index in [1.165, 1.54) is 17.7 Å². The molecular formula is C13H20N4O4S. The lowest BCUT2D eigenvalue weighted by Crippen LogP contribution is -2.41. The van der Waals surface area contributed by atoms with Crippen molar-refractivity contribution >= 4 is 21.1 Å². The van der Waals surface area contributed by atoms with Crippen LogP contribution in [0.25, 0.3) is 11.0 Å². The molecule has 0 aliphatic rings. The van der Waals surface area contributed by atoms with Crippen molar-refractivity contribution < 1.29 is 8.42 Å². The molecule has 0 aromatic carbocycles. The number of nitrogens with zero attached hydrogens (tertiary/aromatic N) is 4. The number of hydrogen-bond donors (Lipinski definition) is 0. The van der Waals surface area contributed by atoms with Crippen LogP contribution in [0.15, 0.2) is 15.8 Å². The van der Waals surface area contributed by atoms with Gasteiger partial charge in [-0.15, -0.1) is 5.10 Å². The molecule has 0 N–H and O–H groups in total. The second kappa shape index (κ2) is 5.38. The molecular weight excluding hydrogens is 308 g/mol. The van der Waals surface area contributed by atoms with Gasteiger partial charge in [0.25, 0.3) is 15.6 Å². The third-order valence-electron chi connectivity index (χ3n) is 3.45. The second-order valence-corrected chi connectivity index (χ2v) is 7.77. The molecule has 2 aromatic rings. The van der Waals surface area contributed by atoms with Crippen molar-refractivity contribution in [1.82, 2.24) is 18.3 Å². The van der Waals surface area contributed by atoms with E-state index in [0.717, 1.165) is 8.65 Å². The van der Waals surface area contributed by atoms with Crippen LogP contribution in [0.1, 0.15) is 46.7 Å². The average Bonchev–Trinajstić information content (AvgIpc) is 2.83. The molecule has 0 saturated carbocycles. The third-order valence-corrected chi connectivity index (χ3v) is 4.93. The minimum absolute atomic E-state index is 0.0962. The summed E-state index contributed by atoms with van der Waals surface area (Å²) in [6, 6.07) is -0.589. The van der Waals surface area contributed by atoms with Crippen LogP contribution in [-0.4, -0.2) is 32.5 Å². The number of rotatable bonds is 4. The predicted molar refractivity (Wildman–Crippen MR) is 83.9 cm³/mol. The summed E-state index contributed by atoms with van der Waals surface area (Å²) in [5.74, 6) is -0.148. The Labute approximate surface area is 128 Å². The quantitative estimate of drug-likeness (QED) is 0.824. The third kappa shape index (κ3) is 2.39. The van der Waals surface area contributed by atoms with Crippen molar-refractivity contribution in [1.29, 1.82) is 0 Å². The highest BCUT2D eigenvalue weighted by atomic mass is 32.2. The zero-order valence-corrected chi connectivity index (χ0v) is 14.1. The van der Waals surface area contributed by atoms with Crippen molar-refractivity contribution in [3.63, 3.8) is 0 Å². The maximum absolute atomic E-state index is 12.5. The lowest BCUT2D eigenvalue weighted by Gasteiger charge is -2.15. The smallest absolute Gasteiger partial charge is 0.273 e. The first kappa shape index (κ1) is 16.5. The molecule has 0 fully saturated rings. The molecule has 2 heterocycles. The van der Waals surface area contributed by atoms with Crippen molar-refractivity contribution in [3.8, 4) is 0 Å². The van der Waals surface area contributed by atoms with Gasteiger partial charge in [0.15, 0.2) is 5.65 Å². The van der Waals surface area contributed by atoms with Gasteiger partial charge in [-0.05, 0) is 34.6 Å². The Kier molecular flexibility index (Phi) is 4.03. The fraction of sp³-hybridized carbons (Fsp3) is 0.615. The van der Waals surface area contributed by atoms with Gasteiger partial charge < -0.3 is 0 Å². The first-order chi connectivity index (χ1) is 10.1. The number of aromatic nitrogens is 4. The minimum atomic E-state index is -3.62. The molecule has 2 rings (SSSR count). The van der Waals surface area contributed by atoms with Crippen LogP contribution >= 0.6 is 0 Å². The molecule has 0 aliphatic heterocycles. The van der Waals surface area contributed by atoms with Gasteiger partial charge in [0.2, 0.25) is 0 Å². The molecule has 0 saturated heterocycles. The van der Waals surface area contributed by atoms with Crippen molar-refractivity contribution in [2.24, 2.45) is 0 Å². The van der Waals surface area contributed by atoms with E-state index in [1.807, 2.05) is 0 Å². The summed E-state index contributed by atoms with van der Waals surface area (Å²) in [7, 11) is -3.62. The van der Waals surface area contributed by atoms with Gasteiger partial charge in [-0.25, -0.2) is 13.2 Å². The van der Waals surface area contributed by atoms with Crippen molar-refractivity contribution in [2.45, 2.75) is 46.7 Å². The largest absolute Gasteiger partial charge is 0.333 e. The van der Waals surface area contributed by atoms with Crippen LogP contribution in [0.5, 0.6) is 0 Å². The van der Waals surface area contributed by atoms with E-state index >= 15 is 0 Å².